The van der Waals surface area contributed by atoms with Crippen LogP contribution in [0.5, 0.6) is 0 Å². The lowest BCUT2D eigenvalue weighted by atomic mass is 10.1. The number of rotatable bonds is 8. The van der Waals surface area contributed by atoms with Crippen LogP contribution in [-0.2, 0) is 11.3 Å². The van der Waals surface area contributed by atoms with E-state index in [-0.39, 0.29) is 5.56 Å². The molecule has 1 fully saturated rings. The maximum atomic E-state index is 12.0. The standard InChI is InChI=1S/C15H26N4O2/c1-3-6-18(2)14-9-15(20)19(17-11-14)7-5-16-10-13-4-8-21-12-13/h9,11,13,16H,3-8,10,12H2,1-2H3. The van der Waals surface area contributed by atoms with Crippen molar-refractivity contribution in [1.29, 1.82) is 0 Å². The Balaban J connectivity index is 1.79. The monoisotopic (exact) mass is 294 g/mol. The summed E-state index contributed by atoms with van der Waals surface area (Å²) in [6, 6.07) is 1.66. The molecule has 6 heteroatoms. The lowest BCUT2D eigenvalue weighted by Crippen LogP contribution is -2.32. The van der Waals surface area contributed by atoms with E-state index < -0.39 is 0 Å². The maximum absolute atomic E-state index is 12.0. The van der Waals surface area contributed by atoms with Crippen molar-refractivity contribution in [3.05, 3.63) is 22.6 Å². The highest BCUT2D eigenvalue weighted by Gasteiger charge is 2.14. The Morgan fingerprint density at radius 3 is 3.10 bits per heavy atom. The summed E-state index contributed by atoms with van der Waals surface area (Å²) >= 11 is 0. The second-order valence-corrected chi connectivity index (χ2v) is 5.63. The number of nitrogens with one attached hydrogen (secondary N) is 1. The third-order valence-electron chi connectivity index (χ3n) is 3.81. The van der Waals surface area contributed by atoms with E-state index >= 15 is 0 Å². The number of hydrogen-bond donors (Lipinski definition) is 1. The largest absolute Gasteiger partial charge is 0.381 e. The second kappa shape index (κ2) is 8.14. The third-order valence-corrected chi connectivity index (χ3v) is 3.81. The van der Waals surface area contributed by atoms with Gasteiger partial charge in [-0.25, -0.2) is 4.68 Å². The molecule has 1 aliphatic heterocycles. The number of anilines is 1. The van der Waals surface area contributed by atoms with Crippen LogP contribution in [0.15, 0.2) is 17.1 Å². The van der Waals surface area contributed by atoms with Crippen LogP contribution in [0.4, 0.5) is 5.69 Å². The van der Waals surface area contributed by atoms with Gasteiger partial charge in [0, 0.05) is 39.4 Å². The molecule has 1 N–H and O–H groups in total. The van der Waals surface area contributed by atoms with Crippen molar-refractivity contribution in [1.82, 2.24) is 15.1 Å². The molecule has 0 bridgehead atoms. The highest BCUT2D eigenvalue weighted by Crippen LogP contribution is 2.10. The molecule has 1 aromatic rings. The lowest BCUT2D eigenvalue weighted by Gasteiger charge is -2.18. The Bertz CT molecular complexity index is 483. The Kier molecular flexibility index (Phi) is 6.20. The van der Waals surface area contributed by atoms with E-state index in [9.17, 15) is 4.79 Å². The van der Waals surface area contributed by atoms with Crippen molar-refractivity contribution in [3.8, 4) is 0 Å². The van der Waals surface area contributed by atoms with Crippen molar-refractivity contribution >= 4 is 5.69 Å². The fourth-order valence-corrected chi connectivity index (χ4v) is 2.50. The average molecular weight is 294 g/mol. The van der Waals surface area contributed by atoms with Crippen LogP contribution in [0.3, 0.4) is 0 Å². The topological polar surface area (TPSA) is 59.4 Å². The van der Waals surface area contributed by atoms with Crippen molar-refractivity contribution in [3.63, 3.8) is 0 Å². The third kappa shape index (κ3) is 4.82. The molecule has 1 unspecified atom stereocenters. The van der Waals surface area contributed by atoms with E-state index in [1.165, 1.54) is 4.68 Å². The predicted octanol–water partition coefficient (Wildman–Crippen LogP) is 0.716. The lowest BCUT2D eigenvalue weighted by molar-refractivity contribution is 0.185. The van der Waals surface area contributed by atoms with Crippen LogP contribution < -0.4 is 15.8 Å². The number of ether oxygens (including phenoxy) is 1. The summed E-state index contributed by atoms with van der Waals surface area (Å²) in [5, 5.41) is 7.62. The molecule has 0 spiro atoms. The van der Waals surface area contributed by atoms with Gasteiger partial charge in [0.15, 0.2) is 0 Å². The van der Waals surface area contributed by atoms with Crippen molar-refractivity contribution < 1.29 is 4.74 Å². The van der Waals surface area contributed by atoms with Gasteiger partial charge in [0.2, 0.25) is 0 Å². The molecule has 6 nitrogen and oxygen atoms in total. The molecule has 1 atom stereocenters. The van der Waals surface area contributed by atoms with Crippen molar-refractivity contribution in [2.24, 2.45) is 5.92 Å². The van der Waals surface area contributed by atoms with Crippen LogP contribution in [0.25, 0.3) is 0 Å². The minimum absolute atomic E-state index is 0.0403. The molecular weight excluding hydrogens is 268 g/mol. The van der Waals surface area contributed by atoms with Crippen LogP contribution >= 0.6 is 0 Å². The molecule has 0 saturated carbocycles. The van der Waals surface area contributed by atoms with E-state index in [0.717, 1.165) is 51.4 Å². The fraction of sp³-hybridized carbons (Fsp3) is 0.733. The van der Waals surface area contributed by atoms with Gasteiger partial charge in [0.1, 0.15) is 0 Å². The maximum Gasteiger partial charge on any atom is 0.268 e. The Morgan fingerprint density at radius 2 is 2.43 bits per heavy atom. The zero-order valence-electron chi connectivity index (χ0n) is 13.0. The molecule has 1 aliphatic rings. The van der Waals surface area contributed by atoms with Gasteiger partial charge in [0.05, 0.1) is 25.0 Å². The van der Waals surface area contributed by atoms with Gasteiger partial charge < -0.3 is 15.0 Å². The number of hydrogen-bond acceptors (Lipinski definition) is 5. The van der Waals surface area contributed by atoms with Gasteiger partial charge in [-0.15, -0.1) is 0 Å². The molecule has 0 radical (unpaired) electrons. The van der Waals surface area contributed by atoms with E-state index in [4.69, 9.17) is 4.74 Å². The van der Waals surface area contributed by atoms with Crippen LogP contribution in [0, 0.1) is 5.92 Å². The van der Waals surface area contributed by atoms with Gasteiger partial charge in [0.25, 0.3) is 5.56 Å². The van der Waals surface area contributed by atoms with Crippen molar-refractivity contribution in [2.45, 2.75) is 26.3 Å². The number of nitrogens with zero attached hydrogens (tertiary/aromatic N) is 3. The first kappa shape index (κ1) is 16.0. The number of aromatic nitrogens is 2. The van der Waals surface area contributed by atoms with Crippen LogP contribution in [-0.4, -0.2) is 49.7 Å². The molecule has 0 aliphatic carbocycles. The van der Waals surface area contributed by atoms with Gasteiger partial charge in [-0.1, -0.05) is 6.92 Å². The Labute approximate surface area is 126 Å². The van der Waals surface area contributed by atoms with E-state index in [2.05, 4.69) is 22.2 Å². The normalized spacial score (nSPS) is 18.1. The fourth-order valence-electron chi connectivity index (χ4n) is 2.50. The predicted molar refractivity (Wildman–Crippen MR) is 83.9 cm³/mol. The summed E-state index contributed by atoms with van der Waals surface area (Å²) in [6.07, 6.45) is 3.94. The molecule has 118 valence electrons. The minimum atomic E-state index is -0.0403. The SMILES string of the molecule is CCCN(C)c1cnn(CCNCC2CCOC2)c(=O)c1. The summed E-state index contributed by atoms with van der Waals surface area (Å²) in [6.45, 7) is 7.08. The summed E-state index contributed by atoms with van der Waals surface area (Å²) in [7, 11) is 1.98. The van der Waals surface area contributed by atoms with E-state index in [1.807, 2.05) is 7.05 Å². The van der Waals surface area contributed by atoms with Gasteiger partial charge in [-0.3, -0.25) is 4.79 Å². The summed E-state index contributed by atoms with van der Waals surface area (Å²) in [4.78, 5) is 14.1. The highest BCUT2D eigenvalue weighted by molar-refractivity contribution is 5.41. The van der Waals surface area contributed by atoms with Crippen LogP contribution in [0.1, 0.15) is 19.8 Å². The second-order valence-electron chi connectivity index (χ2n) is 5.63. The summed E-state index contributed by atoms with van der Waals surface area (Å²) in [5.74, 6) is 0.611. The minimum Gasteiger partial charge on any atom is -0.381 e. The molecule has 2 heterocycles. The van der Waals surface area contributed by atoms with Crippen molar-refractivity contribution in [2.75, 3.05) is 44.8 Å². The van der Waals surface area contributed by atoms with Gasteiger partial charge in [-0.05, 0) is 18.8 Å². The van der Waals surface area contributed by atoms with E-state index in [1.54, 1.807) is 12.3 Å². The van der Waals surface area contributed by atoms with Gasteiger partial charge in [-0.2, -0.15) is 5.10 Å². The molecule has 2 rings (SSSR count). The zero-order chi connectivity index (χ0) is 15.1. The quantitative estimate of drug-likeness (QED) is 0.716. The molecule has 1 saturated heterocycles. The van der Waals surface area contributed by atoms with Crippen LogP contribution in [0.2, 0.25) is 0 Å². The average Bonchev–Trinajstić information content (AvgIpc) is 2.98. The Morgan fingerprint density at radius 1 is 1.57 bits per heavy atom. The van der Waals surface area contributed by atoms with E-state index in [0.29, 0.717) is 12.5 Å². The zero-order valence-corrected chi connectivity index (χ0v) is 13.0. The molecule has 0 aromatic carbocycles. The first-order chi connectivity index (χ1) is 10.2. The first-order valence-corrected chi connectivity index (χ1v) is 7.77. The smallest absolute Gasteiger partial charge is 0.268 e. The molecule has 21 heavy (non-hydrogen) atoms. The summed E-state index contributed by atoms with van der Waals surface area (Å²) < 4.78 is 6.85. The highest BCUT2D eigenvalue weighted by atomic mass is 16.5. The molecular formula is C15H26N4O2. The van der Waals surface area contributed by atoms with Gasteiger partial charge >= 0.3 is 0 Å². The molecule has 0 amide bonds. The summed E-state index contributed by atoms with van der Waals surface area (Å²) in [5.41, 5.74) is 0.843. The molecule has 1 aromatic heterocycles. The Hall–Kier alpha value is -1.40. The first-order valence-electron chi connectivity index (χ1n) is 7.77.